The smallest absolute Gasteiger partial charge is 0.331 e. The van der Waals surface area contributed by atoms with Crippen LogP contribution in [-0.4, -0.2) is 45.8 Å². The predicted octanol–water partition coefficient (Wildman–Crippen LogP) is 3.28. The number of nitrogens with zero attached hydrogens (tertiary/aromatic N) is 3. The number of aromatic nitrogens is 2. The second kappa shape index (κ2) is 9.88. The summed E-state index contributed by atoms with van der Waals surface area (Å²) < 4.78 is 6.94. The highest BCUT2D eigenvalue weighted by atomic mass is 16.5. The lowest BCUT2D eigenvalue weighted by Crippen LogP contribution is -2.45. The molecule has 0 bridgehead atoms. The summed E-state index contributed by atoms with van der Waals surface area (Å²) in [6.45, 7) is 3.31. The summed E-state index contributed by atoms with van der Waals surface area (Å²) >= 11 is 0. The number of likely N-dealkylation sites (tertiary alicyclic amines) is 1. The maximum absolute atomic E-state index is 12.3. The molecule has 2 aromatic rings. The first-order chi connectivity index (χ1) is 13.7. The minimum Gasteiger partial charge on any atom is -0.452 e. The molecule has 0 N–H and O–H groups in total. The van der Waals surface area contributed by atoms with Crippen LogP contribution in [0.4, 0.5) is 0 Å². The van der Waals surface area contributed by atoms with Gasteiger partial charge in [-0.1, -0.05) is 37.3 Å². The average molecular weight is 381 g/mol. The first kappa shape index (κ1) is 19.9. The van der Waals surface area contributed by atoms with Crippen molar-refractivity contribution in [3.05, 3.63) is 59.9 Å². The number of esters is 1. The van der Waals surface area contributed by atoms with Gasteiger partial charge in [0.05, 0.1) is 12.7 Å². The number of hydrogen-bond acceptors (Lipinski definition) is 4. The molecule has 1 aliphatic heterocycles. The van der Waals surface area contributed by atoms with Gasteiger partial charge in [0.25, 0.3) is 5.91 Å². The molecule has 1 aromatic heterocycles. The van der Waals surface area contributed by atoms with E-state index in [9.17, 15) is 9.59 Å². The van der Waals surface area contributed by atoms with Gasteiger partial charge in [0.1, 0.15) is 0 Å². The summed E-state index contributed by atoms with van der Waals surface area (Å²) in [4.78, 5) is 26.1. The molecule has 6 heteroatoms. The fourth-order valence-corrected chi connectivity index (χ4v) is 3.50. The third-order valence-corrected chi connectivity index (χ3v) is 5.01. The number of hydrogen-bond donors (Lipinski definition) is 0. The third-order valence-electron chi connectivity index (χ3n) is 5.01. The van der Waals surface area contributed by atoms with Crippen LogP contribution in [0.25, 0.3) is 6.08 Å². The average Bonchev–Trinajstić information content (AvgIpc) is 3.18. The lowest BCUT2D eigenvalue weighted by molar-refractivity contribution is -0.150. The molecular formula is C22H27N3O3. The molecule has 3 rings (SSSR count). The van der Waals surface area contributed by atoms with Crippen LogP contribution in [0.5, 0.6) is 0 Å². The van der Waals surface area contributed by atoms with Crippen molar-refractivity contribution in [2.75, 3.05) is 13.2 Å². The largest absolute Gasteiger partial charge is 0.452 e. The van der Waals surface area contributed by atoms with Crippen LogP contribution in [-0.2, 0) is 20.9 Å². The maximum atomic E-state index is 12.3. The van der Waals surface area contributed by atoms with Crippen molar-refractivity contribution < 1.29 is 14.3 Å². The molecule has 1 fully saturated rings. The molecule has 0 aliphatic carbocycles. The van der Waals surface area contributed by atoms with Gasteiger partial charge in [-0.2, -0.15) is 5.10 Å². The summed E-state index contributed by atoms with van der Waals surface area (Å²) in [5, 5.41) is 4.30. The Morgan fingerprint density at radius 2 is 2.07 bits per heavy atom. The highest BCUT2D eigenvalue weighted by Gasteiger charge is 2.25. The van der Waals surface area contributed by atoms with Crippen molar-refractivity contribution in [2.24, 2.45) is 0 Å². The van der Waals surface area contributed by atoms with Gasteiger partial charge in [-0.05, 0) is 37.3 Å². The summed E-state index contributed by atoms with van der Waals surface area (Å²) in [5.74, 6) is -0.627. The van der Waals surface area contributed by atoms with Gasteiger partial charge in [-0.25, -0.2) is 4.79 Å². The van der Waals surface area contributed by atoms with Gasteiger partial charge < -0.3 is 9.64 Å². The second-order valence-corrected chi connectivity index (χ2v) is 7.04. The summed E-state index contributed by atoms with van der Waals surface area (Å²) in [6.07, 6.45) is 10.7. The Hall–Kier alpha value is -2.89. The Morgan fingerprint density at radius 1 is 1.25 bits per heavy atom. The van der Waals surface area contributed by atoms with Gasteiger partial charge in [0.2, 0.25) is 0 Å². The molecule has 0 unspecified atom stereocenters. The van der Waals surface area contributed by atoms with Crippen LogP contribution in [0.2, 0.25) is 0 Å². The Labute approximate surface area is 165 Å². The van der Waals surface area contributed by atoms with Crippen molar-refractivity contribution in [3.63, 3.8) is 0 Å². The number of carbonyl (C=O) groups excluding carboxylic acids is 2. The fourth-order valence-electron chi connectivity index (χ4n) is 3.50. The minimum absolute atomic E-state index is 0.107. The zero-order valence-electron chi connectivity index (χ0n) is 16.3. The van der Waals surface area contributed by atoms with E-state index in [0.29, 0.717) is 6.54 Å². The minimum atomic E-state index is -0.519. The molecule has 2 heterocycles. The van der Waals surface area contributed by atoms with Crippen molar-refractivity contribution in [3.8, 4) is 0 Å². The highest BCUT2D eigenvalue weighted by Crippen LogP contribution is 2.19. The summed E-state index contributed by atoms with van der Waals surface area (Å²) in [7, 11) is 0. The van der Waals surface area contributed by atoms with E-state index >= 15 is 0 Å². The zero-order valence-corrected chi connectivity index (χ0v) is 16.3. The molecule has 1 aliphatic rings. The SMILES string of the molecule is CC[C@H]1CCCCN1C(=O)COC(=O)/C=C/c1cnn(Cc2ccccc2)c1. The molecule has 28 heavy (non-hydrogen) atoms. The normalized spacial score (nSPS) is 17.0. The Bertz CT molecular complexity index is 813. The molecular weight excluding hydrogens is 354 g/mol. The molecule has 148 valence electrons. The first-order valence-electron chi connectivity index (χ1n) is 9.86. The van der Waals surface area contributed by atoms with Crippen molar-refractivity contribution in [1.29, 1.82) is 0 Å². The number of rotatable bonds is 7. The number of carbonyl (C=O) groups is 2. The van der Waals surface area contributed by atoms with E-state index in [0.717, 1.165) is 43.4 Å². The third kappa shape index (κ3) is 5.55. The number of piperidine rings is 1. The van der Waals surface area contributed by atoms with Gasteiger partial charge in [-0.15, -0.1) is 0 Å². The molecule has 1 atom stereocenters. The standard InChI is InChI=1S/C22H27N3O3/c1-2-20-10-6-7-13-25(20)21(26)17-28-22(27)12-11-19-14-23-24(16-19)15-18-8-4-3-5-9-18/h3-5,8-9,11-12,14,16,20H,2,6-7,10,13,15,17H2,1H3/b12-11+/t20-/m0/s1. The van der Waals surface area contributed by atoms with E-state index < -0.39 is 5.97 Å². The van der Waals surface area contributed by atoms with Crippen LogP contribution >= 0.6 is 0 Å². The molecule has 0 radical (unpaired) electrons. The van der Waals surface area contributed by atoms with E-state index in [1.54, 1.807) is 12.3 Å². The summed E-state index contributed by atoms with van der Waals surface area (Å²) in [6, 6.07) is 10.3. The van der Waals surface area contributed by atoms with Crippen molar-refractivity contribution in [1.82, 2.24) is 14.7 Å². The van der Waals surface area contributed by atoms with E-state index in [2.05, 4.69) is 12.0 Å². The molecule has 0 spiro atoms. The van der Waals surface area contributed by atoms with E-state index in [4.69, 9.17) is 4.74 Å². The van der Waals surface area contributed by atoms with Crippen molar-refractivity contribution >= 4 is 18.0 Å². The molecule has 6 nitrogen and oxygen atoms in total. The van der Waals surface area contributed by atoms with Gasteiger partial charge in [0, 0.05) is 30.4 Å². The Balaban J connectivity index is 1.47. The van der Waals surface area contributed by atoms with Crippen LogP contribution in [0.15, 0.2) is 48.8 Å². The van der Waals surface area contributed by atoms with Gasteiger partial charge in [-0.3, -0.25) is 9.48 Å². The van der Waals surface area contributed by atoms with Crippen LogP contribution < -0.4 is 0 Å². The quantitative estimate of drug-likeness (QED) is 0.545. The lowest BCUT2D eigenvalue weighted by atomic mass is 10.00. The van der Waals surface area contributed by atoms with Crippen LogP contribution in [0, 0.1) is 0 Å². The zero-order chi connectivity index (χ0) is 19.8. The highest BCUT2D eigenvalue weighted by molar-refractivity contribution is 5.89. The van der Waals surface area contributed by atoms with E-state index in [1.807, 2.05) is 46.1 Å². The fraction of sp³-hybridized carbons (Fsp3) is 0.409. The number of ether oxygens (including phenoxy) is 1. The predicted molar refractivity (Wildman–Crippen MR) is 107 cm³/mol. The van der Waals surface area contributed by atoms with Crippen LogP contribution in [0.1, 0.15) is 43.7 Å². The molecule has 1 aromatic carbocycles. The van der Waals surface area contributed by atoms with Crippen LogP contribution in [0.3, 0.4) is 0 Å². The monoisotopic (exact) mass is 381 g/mol. The van der Waals surface area contributed by atoms with E-state index in [1.165, 1.54) is 6.08 Å². The molecule has 1 saturated heterocycles. The van der Waals surface area contributed by atoms with Gasteiger partial charge in [0.15, 0.2) is 6.61 Å². The molecule has 1 amide bonds. The van der Waals surface area contributed by atoms with E-state index in [-0.39, 0.29) is 18.6 Å². The Kier molecular flexibility index (Phi) is 7.00. The number of amides is 1. The lowest BCUT2D eigenvalue weighted by Gasteiger charge is -2.35. The number of benzene rings is 1. The van der Waals surface area contributed by atoms with Gasteiger partial charge >= 0.3 is 5.97 Å². The second-order valence-electron chi connectivity index (χ2n) is 7.04. The molecule has 0 saturated carbocycles. The summed E-state index contributed by atoms with van der Waals surface area (Å²) in [5.41, 5.74) is 1.96. The Morgan fingerprint density at radius 3 is 2.86 bits per heavy atom. The topological polar surface area (TPSA) is 64.4 Å². The van der Waals surface area contributed by atoms with Crippen molar-refractivity contribution in [2.45, 2.75) is 45.2 Å². The first-order valence-corrected chi connectivity index (χ1v) is 9.86. The maximum Gasteiger partial charge on any atom is 0.331 e.